The van der Waals surface area contributed by atoms with Crippen molar-refractivity contribution in [1.82, 2.24) is 10.2 Å². The molecule has 1 amide bonds. The van der Waals surface area contributed by atoms with Crippen LogP contribution in [-0.2, 0) is 4.79 Å². The van der Waals surface area contributed by atoms with Crippen LogP contribution < -0.4 is 5.32 Å². The van der Waals surface area contributed by atoms with Gasteiger partial charge < -0.3 is 10.2 Å². The van der Waals surface area contributed by atoms with Crippen LogP contribution in [-0.4, -0.2) is 36.5 Å². The average molecular weight is 254 g/mol. The predicted molar refractivity (Wildman–Crippen MR) is 76.6 cm³/mol. The SMILES string of the molecule is CCCCN1CCCC(C(=O)NC(C)CCC)C1. The number of carbonyl (C=O) groups excluding carboxylic acids is 1. The average Bonchev–Trinajstić information content (AvgIpc) is 2.37. The lowest BCUT2D eigenvalue weighted by molar-refractivity contribution is -0.127. The van der Waals surface area contributed by atoms with Gasteiger partial charge in [0, 0.05) is 12.6 Å². The van der Waals surface area contributed by atoms with Crippen LogP contribution in [0.5, 0.6) is 0 Å². The van der Waals surface area contributed by atoms with Gasteiger partial charge in [0.15, 0.2) is 0 Å². The van der Waals surface area contributed by atoms with E-state index < -0.39 is 0 Å². The molecule has 1 saturated heterocycles. The molecule has 0 saturated carbocycles. The van der Waals surface area contributed by atoms with Crippen molar-refractivity contribution in [3.05, 3.63) is 0 Å². The van der Waals surface area contributed by atoms with Gasteiger partial charge in [0.25, 0.3) is 0 Å². The van der Waals surface area contributed by atoms with Crippen LogP contribution in [0.4, 0.5) is 0 Å². The molecule has 2 unspecified atom stereocenters. The summed E-state index contributed by atoms with van der Waals surface area (Å²) >= 11 is 0. The molecule has 0 aliphatic carbocycles. The van der Waals surface area contributed by atoms with E-state index in [-0.39, 0.29) is 11.8 Å². The van der Waals surface area contributed by atoms with Crippen LogP contribution >= 0.6 is 0 Å². The van der Waals surface area contributed by atoms with Crippen LogP contribution in [0.15, 0.2) is 0 Å². The summed E-state index contributed by atoms with van der Waals surface area (Å²) in [6.45, 7) is 9.79. The zero-order valence-electron chi connectivity index (χ0n) is 12.4. The van der Waals surface area contributed by atoms with Crippen molar-refractivity contribution in [3.8, 4) is 0 Å². The van der Waals surface area contributed by atoms with E-state index in [0.717, 1.165) is 32.4 Å². The topological polar surface area (TPSA) is 32.3 Å². The molecule has 3 nitrogen and oxygen atoms in total. The smallest absolute Gasteiger partial charge is 0.224 e. The summed E-state index contributed by atoms with van der Waals surface area (Å²) in [5, 5.41) is 3.16. The molecule has 0 bridgehead atoms. The normalized spacial score (nSPS) is 22.7. The van der Waals surface area contributed by atoms with E-state index in [0.29, 0.717) is 6.04 Å². The van der Waals surface area contributed by atoms with E-state index in [1.165, 1.54) is 25.8 Å². The molecule has 0 aromatic carbocycles. The third kappa shape index (κ3) is 5.38. The second-order valence-electron chi connectivity index (χ2n) is 5.69. The van der Waals surface area contributed by atoms with E-state index in [1.807, 2.05) is 0 Å². The molecule has 0 spiro atoms. The van der Waals surface area contributed by atoms with Gasteiger partial charge in [-0.1, -0.05) is 26.7 Å². The minimum atomic E-state index is 0.218. The largest absolute Gasteiger partial charge is 0.353 e. The summed E-state index contributed by atoms with van der Waals surface area (Å²) in [4.78, 5) is 14.6. The molecule has 0 aromatic rings. The minimum absolute atomic E-state index is 0.218. The van der Waals surface area contributed by atoms with E-state index in [4.69, 9.17) is 0 Å². The number of hydrogen-bond donors (Lipinski definition) is 1. The first-order chi connectivity index (χ1) is 8.67. The molecule has 1 aliphatic rings. The van der Waals surface area contributed by atoms with Crippen LogP contribution in [0.1, 0.15) is 59.3 Å². The Labute approximate surface area is 112 Å². The third-order valence-corrected chi connectivity index (χ3v) is 3.81. The van der Waals surface area contributed by atoms with Crippen molar-refractivity contribution in [2.24, 2.45) is 5.92 Å². The Morgan fingerprint density at radius 2 is 2.17 bits per heavy atom. The van der Waals surface area contributed by atoms with Gasteiger partial charge in [-0.3, -0.25) is 4.79 Å². The fraction of sp³-hybridized carbons (Fsp3) is 0.933. The maximum Gasteiger partial charge on any atom is 0.224 e. The van der Waals surface area contributed by atoms with E-state index in [1.54, 1.807) is 0 Å². The number of amides is 1. The van der Waals surface area contributed by atoms with Crippen molar-refractivity contribution < 1.29 is 4.79 Å². The minimum Gasteiger partial charge on any atom is -0.353 e. The highest BCUT2D eigenvalue weighted by atomic mass is 16.2. The number of piperidine rings is 1. The highest BCUT2D eigenvalue weighted by molar-refractivity contribution is 5.79. The lowest BCUT2D eigenvalue weighted by Gasteiger charge is -2.32. The number of rotatable bonds is 7. The van der Waals surface area contributed by atoms with Crippen LogP contribution in [0.3, 0.4) is 0 Å². The van der Waals surface area contributed by atoms with Gasteiger partial charge in [-0.2, -0.15) is 0 Å². The van der Waals surface area contributed by atoms with Crippen LogP contribution in [0.25, 0.3) is 0 Å². The van der Waals surface area contributed by atoms with Crippen LogP contribution in [0.2, 0.25) is 0 Å². The van der Waals surface area contributed by atoms with Gasteiger partial charge in [0.1, 0.15) is 0 Å². The highest BCUT2D eigenvalue weighted by Gasteiger charge is 2.25. The molecular weight excluding hydrogens is 224 g/mol. The first-order valence-electron chi connectivity index (χ1n) is 7.70. The van der Waals surface area contributed by atoms with Gasteiger partial charge in [0.2, 0.25) is 5.91 Å². The molecule has 106 valence electrons. The van der Waals surface area contributed by atoms with E-state index in [2.05, 4.69) is 31.0 Å². The monoisotopic (exact) mass is 254 g/mol. The fourth-order valence-corrected chi connectivity index (χ4v) is 2.72. The van der Waals surface area contributed by atoms with Crippen LogP contribution in [0, 0.1) is 5.92 Å². The van der Waals surface area contributed by atoms with Crippen molar-refractivity contribution in [2.75, 3.05) is 19.6 Å². The number of carbonyl (C=O) groups is 1. The summed E-state index contributed by atoms with van der Waals surface area (Å²) in [7, 11) is 0. The lowest BCUT2D eigenvalue weighted by atomic mass is 9.96. The molecular formula is C15H30N2O. The summed E-state index contributed by atoms with van der Waals surface area (Å²) in [5.74, 6) is 0.493. The third-order valence-electron chi connectivity index (χ3n) is 3.81. The number of nitrogens with zero attached hydrogens (tertiary/aromatic N) is 1. The predicted octanol–water partition coefficient (Wildman–Crippen LogP) is 2.80. The van der Waals surface area contributed by atoms with Gasteiger partial charge in [-0.25, -0.2) is 0 Å². The van der Waals surface area contributed by atoms with Crippen molar-refractivity contribution in [1.29, 1.82) is 0 Å². The number of unbranched alkanes of at least 4 members (excludes halogenated alkanes) is 1. The Bertz CT molecular complexity index is 243. The number of hydrogen-bond acceptors (Lipinski definition) is 2. The maximum absolute atomic E-state index is 12.2. The van der Waals surface area contributed by atoms with Crippen molar-refractivity contribution in [3.63, 3.8) is 0 Å². The summed E-state index contributed by atoms with van der Waals surface area (Å²) < 4.78 is 0. The Kier molecular flexibility index (Phi) is 7.33. The zero-order valence-corrected chi connectivity index (χ0v) is 12.4. The molecule has 1 aliphatic heterocycles. The van der Waals surface area contributed by atoms with Crippen molar-refractivity contribution >= 4 is 5.91 Å². The number of nitrogens with one attached hydrogen (secondary N) is 1. The molecule has 3 heteroatoms. The molecule has 1 heterocycles. The van der Waals surface area contributed by atoms with Crippen molar-refractivity contribution in [2.45, 2.75) is 65.3 Å². The van der Waals surface area contributed by atoms with Gasteiger partial charge in [-0.15, -0.1) is 0 Å². The van der Waals surface area contributed by atoms with E-state index >= 15 is 0 Å². The molecule has 1 fully saturated rings. The van der Waals surface area contributed by atoms with Gasteiger partial charge >= 0.3 is 0 Å². The second kappa shape index (κ2) is 8.52. The Balaban J connectivity index is 2.33. The molecule has 2 atom stereocenters. The summed E-state index contributed by atoms with van der Waals surface area (Å²) in [5.41, 5.74) is 0. The summed E-state index contributed by atoms with van der Waals surface area (Å²) in [6.07, 6.45) is 6.94. The lowest BCUT2D eigenvalue weighted by Crippen LogP contribution is -2.45. The number of likely N-dealkylation sites (tertiary alicyclic amines) is 1. The molecule has 0 aromatic heterocycles. The Morgan fingerprint density at radius 3 is 2.83 bits per heavy atom. The molecule has 1 rings (SSSR count). The molecule has 0 radical (unpaired) electrons. The standard InChI is InChI=1S/C15H30N2O/c1-4-6-10-17-11-7-9-14(12-17)15(18)16-13(3)8-5-2/h13-14H,4-12H2,1-3H3,(H,16,18). The zero-order chi connectivity index (χ0) is 13.4. The molecule has 1 N–H and O–H groups in total. The van der Waals surface area contributed by atoms with Gasteiger partial charge in [-0.05, 0) is 45.7 Å². The van der Waals surface area contributed by atoms with E-state index in [9.17, 15) is 4.79 Å². The molecule has 18 heavy (non-hydrogen) atoms. The Hall–Kier alpha value is -0.570. The highest BCUT2D eigenvalue weighted by Crippen LogP contribution is 2.17. The first kappa shape index (κ1) is 15.5. The van der Waals surface area contributed by atoms with Gasteiger partial charge in [0.05, 0.1) is 5.92 Å². The second-order valence-corrected chi connectivity index (χ2v) is 5.69. The summed E-state index contributed by atoms with van der Waals surface area (Å²) in [6, 6.07) is 0.327. The quantitative estimate of drug-likeness (QED) is 0.757. The Morgan fingerprint density at radius 1 is 1.39 bits per heavy atom. The first-order valence-corrected chi connectivity index (χ1v) is 7.70. The fourth-order valence-electron chi connectivity index (χ4n) is 2.72. The maximum atomic E-state index is 12.2.